The van der Waals surface area contributed by atoms with Crippen molar-refractivity contribution < 1.29 is 13.2 Å². The maximum atomic E-state index is 12.5. The molecule has 1 aromatic carbocycles. The van der Waals surface area contributed by atoms with Crippen molar-refractivity contribution in [1.29, 1.82) is 0 Å². The molecule has 0 atom stereocenters. The van der Waals surface area contributed by atoms with E-state index < -0.39 is 10.0 Å². The van der Waals surface area contributed by atoms with Gasteiger partial charge >= 0.3 is 0 Å². The van der Waals surface area contributed by atoms with Crippen molar-refractivity contribution in [3.63, 3.8) is 0 Å². The van der Waals surface area contributed by atoms with Gasteiger partial charge in [0.2, 0.25) is 10.0 Å². The minimum atomic E-state index is -3.54. The molecule has 1 aromatic rings. The SMILES string of the molecule is Nc1ccc(Br)cc1S(=O)(=O)N1CCCOCC1. The molecule has 0 radical (unpaired) electrons. The van der Waals surface area contributed by atoms with Crippen LogP contribution >= 0.6 is 15.9 Å². The average Bonchev–Trinajstić information content (AvgIpc) is 2.61. The molecule has 0 unspecified atom stereocenters. The molecule has 0 bridgehead atoms. The average molecular weight is 335 g/mol. The van der Waals surface area contributed by atoms with Crippen LogP contribution in [-0.4, -0.2) is 39.0 Å². The van der Waals surface area contributed by atoms with Crippen LogP contribution in [0, 0.1) is 0 Å². The lowest BCUT2D eigenvalue weighted by atomic mass is 10.3. The number of hydrogen-bond acceptors (Lipinski definition) is 4. The van der Waals surface area contributed by atoms with Crippen molar-refractivity contribution in [3.05, 3.63) is 22.7 Å². The summed E-state index contributed by atoms with van der Waals surface area (Å²) in [5, 5.41) is 0. The van der Waals surface area contributed by atoms with Crippen molar-refractivity contribution in [2.24, 2.45) is 0 Å². The second-order valence-electron chi connectivity index (χ2n) is 4.05. The van der Waals surface area contributed by atoms with Gasteiger partial charge in [0.1, 0.15) is 4.90 Å². The molecule has 1 fully saturated rings. The molecule has 0 saturated carbocycles. The van der Waals surface area contributed by atoms with E-state index in [4.69, 9.17) is 10.5 Å². The quantitative estimate of drug-likeness (QED) is 0.830. The minimum absolute atomic E-state index is 0.152. The first-order chi connectivity index (χ1) is 8.51. The van der Waals surface area contributed by atoms with Gasteiger partial charge in [0.15, 0.2) is 0 Å². The molecule has 2 N–H and O–H groups in total. The molecule has 0 spiro atoms. The minimum Gasteiger partial charge on any atom is -0.398 e. The molecule has 1 saturated heterocycles. The van der Waals surface area contributed by atoms with Crippen molar-refractivity contribution in [3.8, 4) is 0 Å². The Hall–Kier alpha value is -0.630. The summed E-state index contributed by atoms with van der Waals surface area (Å²) in [6, 6.07) is 4.85. The highest BCUT2D eigenvalue weighted by atomic mass is 79.9. The zero-order chi connectivity index (χ0) is 13.2. The number of sulfonamides is 1. The third-order valence-corrected chi connectivity index (χ3v) is 5.22. The normalized spacial score (nSPS) is 18.5. The summed E-state index contributed by atoms with van der Waals surface area (Å²) in [5.74, 6) is 0. The van der Waals surface area contributed by atoms with E-state index in [-0.39, 0.29) is 10.6 Å². The fourth-order valence-corrected chi connectivity index (χ4v) is 3.95. The Morgan fingerprint density at radius 2 is 2.06 bits per heavy atom. The summed E-state index contributed by atoms with van der Waals surface area (Å²) in [7, 11) is -3.54. The summed E-state index contributed by atoms with van der Waals surface area (Å²) < 4.78 is 32.4. The second kappa shape index (κ2) is 5.56. The number of hydrogen-bond donors (Lipinski definition) is 1. The first-order valence-electron chi connectivity index (χ1n) is 5.65. The van der Waals surface area contributed by atoms with Gasteiger partial charge in [0.05, 0.1) is 12.3 Å². The highest BCUT2D eigenvalue weighted by Crippen LogP contribution is 2.26. The van der Waals surface area contributed by atoms with Crippen LogP contribution in [0.15, 0.2) is 27.6 Å². The number of halogens is 1. The summed E-state index contributed by atoms with van der Waals surface area (Å²) in [4.78, 5) is 0.152. The van der Waals surface area contributed by atoms with E-state index in [0.717, 1.165) is 0 Å². The van der Waals surface area contributed by atoms with Crippen LogP contribution < -0.4 is 5.73 Å². The lowest BCUT2D eigenvalue weighted by molar-refractivity contribution is 0.148. The lowest BCUT2D eigenvalue weighted by Crippen LogP contribution is -2.33. The molecule has 1 heterocycles. The van der Waals surface area contributed by atoms with Crippen LogP contribution in [0.5, 0.6) is 0 Å². The molecule has 2 rings (SSSR count). The second-order valence-corrected chi connectivity index (χ2v) is 6.87. The predicted molar refractivity (Wildman–Crippen MR) is 72.7 cm³/mol. The van der Waals surface area contributed by atoms with E-state index in [9.17, 15) is 8.42 Å². The van der Waals surface area contributed by atoms with E-state index in [1.165, 1.54) is 10.4 Å². The maximum absolute atomic E-state index is 12.5. The van der Waals surface area contributed by atoms with Crippen molar-refractivity contribution in [1.82, 2.24) is 4.31 Å². The Morgan fingerprint density at radius 1 is 1.28 bits per heavy atom. The first kappa shape index (κ1) is 13.8. The number of rotatable bonds is 2. The number of nitrogens with two attached hydrogens (primary N) is 1. The van der Waals surface area contributed by atoms with E-state index >= 15 is 0 Å². The Bertz CT molecular complexity index is 525. The van der Waals surface area contributed by atoms with Gasteiger partial charge in [-0.2, -0.15) is 4.31 Å². The molecule has 7 heteroatoms. The zero-order valence-corrected chi connectivity index (χ0v) is 12.2. The molecule has 1 aliphatic rings. The molecule has 0 amide bonds. The molecular weight excluding hydrogens is 320 g/mol. The van der Waals surface area contributed by atoms with Crippen molar-refractivity contribution in [2.75, 3.05) is 32.0 Å². The Kier molecular flexibility index (Phi) is 4.26. The van der Waals surface area contributed by atoms with Gasteiger partial charge in [0.25, 0.3) is 0 Å². The number of nitrogens with zero attached hydrogens (tertiary/aromatic N) is 1. The Labute approximate surface area is 115 Å². The third-order valence-electron chi connectivity index (χ3n) is 2.77. The van der Waals surface area contributed by atoms with Gasteiger partial charge in [-0.25, -0.2) is 8.42 Å². The molecular formula is C11H15BrN2O3S. The predicted octanol–water partition coefficient (Wildman–Crippen LogP) is 1.44. The summed E-state index contributed by atoms with van der Waals surface area (Å²) in [6.45, 7) is 1.86. The van der Waals surface area contributed by atoms with Gasteiger partial charge in [-0.15, -0.1) is 0 Å². The van der Waals surface area contributed by atoms with Gasteiger partial charge in [0, 0.05) is 24.2 Å². The standard InChI is InChI=1S/C11H15BrN2O3S/c12-9-2-3-10(13)11(8-9)18(15,16)14-4-1-6-17-7-5-14/h2-3,8H,1,4-7,13H2. The van der Waals surface area contributed by atoms with E-state index in [1.54, 1.807) is 12.1 Å². The number of nitrogen functional groups attached to an aromatic ring is 1. The lowest BCUT2D eigenvalue weighted by Gasteiger charge is -2.20. The number of anilines is 1. The third kappa shape index (κ3) is 2.85. The van der Waals surface area contributed by atoms with Crippen LogP contribution in [0.3, 0.4) is 0 Å². The topological polar surface area (TPSA) is 72.6 Å². The summed E-state index contributed by atoms with van der Waals surface area (Å²) in [5.41, 5.74) is 6.03. The maximum Gasteiger partial charge on any atom is 0.245 e. The first-order valence-corrected chi connectivity index (χ1v) is 7.88. The van der Waals surface area contributed by atoms with Crippen LogP contribution in [0.4, 0.5) is 5.69 Å². The van der Waals surface area contributed by atoms with Crippen LogP contribution in [0.25, 0.3) is 0 Å². The number of ether oxygens (including phenoxy) is 1. The van der Waals surface area contributed by atoms with Crippen LogP contribution in [-0.2, 0) is 14.8 Å². The molecule has 1 aliphatic heterocycles. The van der Waals surface area contributed by atoms with Gasteiger partial charge in [-0.05, 0) is 24.6 Å². The van der Waals surface area contributed by atoms with Crippen molar-refractivity contribution >= 4 is 31.6 Å². The van der Waals surface area contributed by atoms with Gasteiger partial charge < -0.3 is 10.5 Å². The molecule has 18 heavy (non-hydrogen) atoms. The molecule has 5 nitrogen and oxygen atoms in total. The monoisotopic (exact) mass is 334 g/mol. The highest BCUT2D eigenvalue weighted by Gasteiger charge is 2.27. The smallest absolute Gasteiger partial charge is 0.245 e. The fraction of sp³-hybridized carbons (Fsp3) is 0.455. The van der Waals surface area contributed by atoms with E-state index in [1.807, 2.05) is 0 Å². The van der Waals surface area contributed by atoms with Crippen LogP contribution in [0.2, 0.25) is 0 Å². The summed E-state index contributed by atoms with van der Waals surface area (Å²) in [6.07, 6.45) is 0.702. The van der Waals surface area contributed by atoms with E-state index in [0.29, 0.717) is 37.2 Å². The number of benzene rings is 1. The Balaban J connectivity index is 2.37. The molecule has 100 valence electrons. The molecule has 0 aliphatic carbocycles. The highest BCUT2D eigenvalue weighted by molar-refractivity contribution is 9.10. The van der Waals surface area contributed by atoms with Crippen molar-refractivity contribution in [2.45, 2.75) is 11.3 Å². The van der Waals surface area contributed by atoms with Crippen LogP contribution in [0.1, 0.15) is 6.42 Å². The van der Waals surface area contributed by atoms with Gasteiger partial charge in [-0.1, -0.05) is 15.9 Å². The Morgan fingerprint density at radius 3 is 2.83 bits per heavy atom. The van der Waals surface area contributed by atoms with Gasteiger partial charge in [-0.3, -0.25) is 0 Å². The van der Waals surface area contributed by atoms with E-state index in [2.05, 4.69) is 15.9 Å². The zero-order valence-electron chi connectivity index (χ0n) is 9.80. The fourth-order valence-electron chi connectivity index (χ4n) is 1.83. The molecule has 0 aromatic heterocycles. The summed E-state index contributed by atoms with van der Waals surface area (Å²) >= 11 is 3.27. The largest absolute Gasteiger partial charge is 0.398 e.